The van der Waals surface area contributed by atoms with Crippen LogP contribution in [0.15, 0.2) is 0 Å². The molecule has 5 N–H and O–H groups in total. The van der Waals surface area contributed by atoms with Gasteiger partial charge in [0.15, 0.2) is 0 Å². The third kappa shape index (κ3) is 4.29. The van der Waals surface area contributed by atoms with Gasteiger partial charge in [-0.25, -0.2) is 0 Å². The fourth-order valence-corrected chi connectivity index (χ4v) is 0.618. The highest BCUT2D eigenvalue weighted by Gasteiger charge is 2.06. The van der Waals surface area contributed by atoms with E-state index in [1.165, 1.54) is 0 Å². The van der Waals surface area contributed by atoms with Crippen LogP contribution in [-0.4, -0.2) is 23.7 Å². The fraction of sp³-hybridized carbons (Fsp3) is 0.833. The van der Waals surface area contributed by atoms with Gasteiger partial charge < -0.3 is 16.6 Å². The Morgan fingerprint density at radius 2 is 2.10 bits per heavy atom. The van der Waals surface area contributed by atoms with Crippen molar-refractivity contribution in [1.82, 2.24) is 0 Å². The molecule has 4 nitrogen and oxygen atoms in total. The molecule has 4 heteroatoms. The minimum absolute atomic E-state index is 0.144. The number of hydrogen-bond donors (Lipinski definition) is 3. The van der Waals surface area contributed by atoms with Crippen molar-refractivity contribution in [2.75, 3.05) is 6.61 Å². The maximum absolute atomic E-state index is 10.3. The van der Waals surface area contributed by atoms with E-state index in [9.17, 15) is 4.79 Å². The Bertz CT molecular complexity index is 106. The minimum atomic E-state index is -0.549. The van der Waals surface area contributed by atoms with Crippen molar-refractivity contribution in [3.63, 3.8) is 0 Å². The standard InChI is InChI=1S/C6H14N2O2/c7-5(6(8)10)3-1-2-4-9/h5,9H,1-4,7H2,(H2,8,10)/t5-/m0/s1. The molecule has 0 heterocycles. The molecule has 1 atom stereocenters. The van der Waals surface area contributed by atoms with Crippen molar-refractivity contribution in [1.29, 1.82) is 0 Å². The second-order valence-electron chi connectivity index (χ2n) is 2.23. The van der Waals surface area contributed by atoms with Gasteiger partial charge in [0.05, 0.1) is 6.04 Å². The van der Waals surface area contributed by atoms with Crippen LogP contribution in [0.25, 0.3) is 0 Å². The van der Waals surface area contributed by atoms with E-state index in [-0.39, 0.29) is 6.61 Å². The predicted octanol–water partition coefficient (Wildman–Crippen LogP) is -1.04. The Morgan fingerprint density at radius 3 is 2.50 bits per heavy atom. The van der Waals surface area contributed by atoms with Gasteiger partial charge in [0.25, 0.3) is 0 Å². The first kappa shape index (κ1) is 9.39. The van der Waals surface area contributed by atoms with Gasteiger partial charge in [0.1, 0.15) is 0 Å². The Labute approximate surface area is 60.2 Å². The highest BCUT2D eigenvalue weighted by atomic mass is 16.2. The molecule has 0 saturated carbocycles. The summed E-state index contributed by atoms with van der Waals surface area (Å²) in [4.78, 5) is 10.3. The summed E-state index contributed by atoms with van der Waals surface area (Å²) in [5.74, 6) is -0.474. The minimum Gasteiger partial charge on any atom is -0.396 e. The van der Waals surface area contributed by atoms with E-state index in [0.717, 1.165) is 6.42 Å². The lowest BCUT2D eigenvalue weighted by atomic mass is 10.1. The maximum Gasteiger partial charge on any atom is 0.234 e. The molecule has 0 unspecified atom stereocenters. The van der Waals surface area contributed by atoms with E-state index in [4.69, 9.17) is 16.6 Å². The van der Waals surface area contributed by atoms with Gasteiger partial charge in [0.2, 0.25) is 5.91 Å². The molecule has 1 amide bonds. The predicted molar refractivity (Wildman–Crippen MR) is 38.1 cm³/mol. The molecular weight excluding hydrogens is 132 g/mol. The van der Waals surface area contributed by atoms with Crippen molar-refractivity contribution in [2.24, 2.45) is 11.5 Å². The third-order valence-electron chi connectivity index (χ3n) is 1.29. The van der Waals surface area contributed by atoms with E-state index >= 15 is 0 Å². The lowest BCUT2D eigenvalue weighted by molar-refractivity contribution is -0.119. The zero-order valence-corrected chi connectivity index (χ0v) is 5.92. The molecule has 0 aliphatic rings. The second kappa shape index (κ2) is 5.20. The molecule has 10 heavy (non-hydrogen) atoms. The lowest BCUT2D eigenvalue weighted by Crippen LogP contribution is -2.36. The van der Waals surface area contributed by atoms with Crippen LogP contribution in [0.1, 0.15) is 19.3 Å². The van der Waals surface area contributed by atoms with Crippen LogP contribution in [0.4, 0.5) is 0 Å². The smallest absolute Gasteiger partial charge is 0.234 e. The fourth-order valence-electron chi connectivity index (χ4n) is 0.618. The number of carbonyl (C=O) groups excluding carboxylic acids is 1. The maximum atomic E-state index is 10.3. The zero-order valence-electron chi connectivity index (χ0n) is 5.92. The number of primary amides is 1. The summed E-state index contributed by atoms with van der Waals surface area (Å²) in [5, 5.41) is 8.36. The molecule has 0 aromatic heterocycles. The molecule has 0 aromatic rings. The number of nitrogens with two attached hydrogens (primary N) is 2. The second-order valence-corrected chi connectivity index (χ2v) is 2.23. The summed E-state index contributed by atoms with van der Waals surface area (Å²) in [6, 6.07) is -0.549. The normalized spacial score (nSPS) is 13.0. The first-order chi connectivity index (χ1) is 4.68. The largest absolute Gasteiger partial charge is 0.396 e. The van der Waals surface area contributed by atoms with E-state index < -0.39 is 11.9 Å². The molecular formula is C6H14N2O2. The summed E-state index contributed by atoms with van der Waals surface area (Å²) < 4.78 is 0. The van der Waals surface area contributed by atoms with Gasteiger partial charge in [0, 0.05) is 6.61 Å². The van der Waals surface area contributed by atoms with Crippen LogP contribution in [0.5, 0.6) is 0 Å². The van der Waals surface area contributed by atoms with Crippen molar-refractivity contribution in [3.8, 4) is 0 Å². The average molecular weight is 146 g/mol. The highest BCUT2D eigenvalue weighted by molar-refractivity contribution is 5.79. The van der Waals surface area contributed by atoms with Gasteiger partial charge in [-0.05, 0) is 19.3 Å². The first-order valence-electron chi connectivity index (χ1n) is 3.34. The molecule has 0 saturated heterocycles. The molecule has 0 aliphatic carbocycles. The Hall–Kier alpha value is -0.610. The Morgan fingerprint density at radius 1 is 1.50 bits per heavy atom. The quantitative estimate of drug-likeness (QED) is 0.433. The van der Waals surface area contributed by atoms with Crippen molar-refractivity contribution >= 4 is 5.91 Å². The summed E-state index contributed by atoms with van der Waals surface area (Å²) in [5.41, 5.74) is 10.2. The van der Waals surface area contributed by atoms with Crippen LogP contribution in [0.2, 0.25) is 0 Å². The molecule has 60 valence electrons. The lowest BCUT2D eigenvalue weighted by Gasteiger charge is -2.04. The number of unbranched alkanes of at least 4 members (excludes halogenated alkanes) is 1. The van der Waals surface area contributed by atoms with Crippen LogP contribution in [-0.2, 0) is 4.79 Å². The number of hydrogen-bond acceptors (Lipinski definition) is 3. The number of carbonyl (C=O) groups is 1. The topological polar surface area (TPSA) is 89.3 Å². The van der Waals surface area contributed by atoms with E-state index in [1.807, 2.05) is 0 Å². The van der Waals surface area contributed by atoms with E-state index in [0.29, 0.717) is 12.8 Å². The van der Waals surface area contributed by atoms with Crippen molar-refractivity contribution in [3.05, 3.63) is 0 Å². The number of rotatable bonds is 5. The Kier molecular flexibility index (Phi) is 4.88. The number of aliphatic hydroxyl groups is 1. The van der Waals surface area contributed by atoms with Crippen LogP contribution in [0, 0.1) is 0 Å². The average Bonchev–Trinajstić information content (AvgIpc) is 1.88. The van der Waals surface area contributed by atoms with Gasteiger partial charge in [-0.1, -0.05) is 0 Å². The molecule has 0 rings (SSSR count). The number of aliphatic hydroxyl groups excluding tert-OH is 1. The summed E-state index contributed by atoms with van der Waals surface area (Å²) in [6.07, 6.45) is 2.00. The first-order valence-corrected chi connectivity index (χ1v) is 3.34. The van der Waals surface area contributed by atoms with Crippen LogP contribution >= 0.6 is 0 Å². The van der Waals surface area contributed by atoms with Gasteiger partial charge in [-0.3, -0.25) is 4.79 Å². The monoisotopic (exact) mass is 146 g/mol. The Balaban J connectivity index is 3.21. The SMILES string of the molecule is NC(=O)[C@@H](N)CCCCO. The van der Waals surface area contributed by atoms with Crippen molar-refractivity contribution in [2.45, 2.75) is 25.3 Å². The summed E-state index contributed by atoms with van der Waals surface area (Å²) in [6.45, 7) is 0.144. The number of amides is 1. The van der Waals surface area contributed by atoms with Gasteiger partial charge in [-0.15, -0.1) is 0 Å². The molecule has 0 aromatic carbocycles. The van der Waals surface area contributed by atoms with Crippen LogP contribution < -0.4 is 11.5 Å². The zero-order chi connectivity index (χ0) is 7.98. The summed E-state index contributed by atoms with van der Waals surface area (Å²) in [7, 11) is 0. The van der Waals surface area contributed by atoms with E-state index in [2.05, 4.69) is 0 Å². The highest BCUT2D eigenvalue weighted by Crippen LogP contribution is 1.96. The van der Waals surface area contributed by atoms with Gasteiger partial charge in [-0.2, -0.15) is 0 Å². The third-order valence-corrected chi connectivity index (χ3v) is 1.29. The van der Waals surface area contributed by atoms with E-state index in [1.54, 1.807) is 0 Å². The summed E-state index contributed by atoms with van der Waals surface area (Å²) >= 11 is 0. The molecule has 0 bridgehead atoms. The molecule has 0 fully saturated rings. The van der Waals surface area contributed by atoms with Crippen molar-refractivity contribution < 1.29 is 9.90 Å². The molecule has 0 radical (unpaired) electrons. The van der Waals surface area contributed by atoms with Crippen LogP contribution in [0.3, 0.4) is 0 Å². The van der Waals surface area contributed by atoms with Gasteiger partial charge >= 0.3 is 0 Å². The molecule has 0 spiro atoms. The molecule has 0 aliphatic heterocycles.